The summed E-state index contributed by atoms with van der Waals surface area (Å²) in [6.07, 6.45) is 0. The monoisotopic (exact) mass is 254 g/mol. The minimum atomic E-state index is 0.532. The molecule has 0 saturated carbocycles. The van der Waals surface area contributed by atoms with Crippen molar-refractivity contribution in [2.75, 3.05) is 12.3 Å². The molecule has 3 nitrogen and oxygen atoms in total. The summed E-state index contributed by atoms with van der Waals surface area (Å²) >= 11 is 7.58. The van der Waals surface area contributed by atoms with Crippen molar-refractivity contribution in [2.45, 2.75) is 6.92 Å². The van der Waals surface area contributed by atoms with Gasteiger partial charge < -0.3 is 10.5 Å². The molecule has 2 rings (SSSR count). The molecule has 0 amide bonds. The number of anilines is 1. The van der Waals surface area contributed by atoms with Crippen molar-refractivity contribution in [3.63, 3.8) is 0 Å². The lowest BCUT2D eigenvalue weighted by Crippen LogP contribution is -1.92. The Balaban J connectivity index is 2.34. The number of benzene rings is 1. The largest absolute Gasteiger partial charge is 0.492 e. The Labute approximate surface area is 103 Å². The normalized spacial score (nSPS) is 10.4. The highest BCUT2D eigenvalue weighted by molar-refractivity contribution is 7.13. The quantitative estimate of drug-likeness (QED) is 0.913. The second kappa shape index (κ2) is 4.72. The predicted octanol–water partition coefficient (Wildman–Crippen LogP) is 3.44. The van der Waals surface area contributed by atoms with Gasteiger partial charge in [0.05, 0.1) is 11.6 Å². The number of nitrogens with zero attached hydrogens (tertiary/aromatic N) is 1. The number of thiazole rings is 1. The molecule has 2 aromatic rings. The molecule has 0 fully saturated rings. The van der Waals surface area contributed by atoms with Gasteiger partial charge in [0.25, 0.3) is 0 Å². The van der Waals surface area contributed by atoms with Gasteiger partial charge in [-0.1, -0.05) is 11.6 Å². The van der Waals surface area contributed by atoms with E-state index in [4.69, 9.17) is 22.1 Å². The molecule has 1 aromatic carbocycles. The Bertz CT molecular complexity index is 498. The zero-order valence-electron chi connectivity index (χ0n) is 8.74. The van der Waals surface area contributed by atoms with Gasteiger partial charge in [-0.05, 0) is 25.1 Å². The van der Waals surface area contributed by atoms with Crippen molar-refractivity contribution in [2.24, 2.45) is 0 Å². The van der Waals surface area contributed by atoms with Gasteiger partial charge in [0.2, 0.25) is 0 Å². The smallest absolute Gasteiger partial charge is 0.137 e. The molecule has 0 aliphatic carbocycles. The highest BCUT2D eigenvalue weighted by Gasteiger charge is 2.07. The average Bonchev–Trinajstić information content (AvgIpc) is 2.68. The average molecular weight is 255 g/mol. The fourth-order valence-corrected chi connectivity index (χ4v) is 2.27. The van der Waals surface area contributed by atoms with Crippen LogP contribution in [0, 0.1) is 0 Å². The van der Waals surface area contributed by atoms with Crippen molar-refractivity contribution >= 4 is 28.8 Å². The second-order valence-corrected chi connectivity index (χ2v) is 4.42. The summed E-state index contributed by atoms with van der Waals surface area (Å²) in [5.41, 5.74) is 6.53. The maximum atomic E-state index is 6.09. The molecular weight excluding hydrogens is 244 g/mol. The summed E-state index contributed by atoms with van der Waals surface area (Å²) in [4.78, 5) is 4.19. The van der Waals surface area contributed by atoms with Gasteiger partial charge in [0.15, 0.2) is 0 Å². The van der Waals surface area contributed by atoms with Crippen LogP contribution >= 0.6 is 22.9 Å². The van der Waals surface area contributed by atoms with Crippen LogP contribution < -0.4 is 10.5 Å². The molecule has 0 saturated heterocycles. The van der Waals surface area contributed by atoms with Crippen LogP contribution in [0.4, 0.5) is 5.82 Å². The first-order valence-corrected chi connectivity index (χ1v) is 6.10. The minimum absolute atomic E-state index is 0.532. The molecule has 0 radical (unpaired) electrons. The lowest BCUT2D eigenvalue weighted by Gasteiger charge is -2.06. The maximum absolute atomic E-state index is 6.09. The highest BCUT2D eigenvalue weighted by atomic mass is 35.5. The number of aromatic nitrogens is 1. The lowest BCUT2D eigenvalue weighted by molar-refractivity contribution is 0.340. The number of nitrogen functional groups attached to an aromatic ring is 1. The summed E-state index contributed by atoms with van der Waals surface area (Å²) in [7, 11) is 0. The van der Waals surface area contributed by atoms with E-state index in [1.807, 2.05) is 25.1 Å². The Morgan fingerprint density at radius 3 is 2.88 bits per heavy atom. The standard InChI is InChI=1S/C11H11ClN2OS/c1-2-15-9-4-3-7(5-8(9)12)11-14-10(13)6-16-11/h3-6H,2,13H2,1H3. The van der Waals surface area contributed by atoms with Crippen LogP contribution in [0.5, 0.6) is 5.75 Å². The van der Waals surface area contributed by atoms with Crippen molar-refractivity contribution in [3.8, 4) is 16.3 Å². The fourth-order valence-electron chi connectivity index (χ4n) is 1.33. The van der Waals surface area contributed by atoms with E-state index in [0.29, 0.717) is 23.2 Å². The zero-order chi connectivity index (χ0) is 11.5. The Hall–Kier alpha value is -1.26. The Morgan fingerprint density at radius 2 is 2.31 bits per heavy atom. The number of halogens is 1. The van der Waals surface area contributed by atoms with Crippen molar-refractivity contribution in [1.82, 2.24) is 4.98 Å². The molecule has 1 heterocycles. The molecule has 84 valence electrons. The van der Waals surface area contributed by atoms with Gasteiger partial charge in [-0.15, -0.1) is 11.3 Å². The molecule has 16 heavy (non-hydrogen) atoms. The number of nitrogens with two attached hydrogens (primary N) is 1. The Morgan fingerprint density at radius 1 is 1.50 bits per heavy atom. The topological polar surface area (TPSA) is 48.1 Å². The Kier molecular flexibility index (Phi) is 3.31. The molecule has 0 unspecified atom stereocenters. The van der Waals surface area contributed by atoms with E-state index >= 15 is 0 Å². The number of hydrogen-bond acceptors (Lipinski definition) is 4. The molecule has 2 N–H and O–H groups in total. The second-order valence-electron chi connectivity index (χ2n) is 3.16. The highest BCUT2D eigenvalue weighted by Crippen LogP contribution is 2.32. The van der Waals surface area contributed by atoms with E-state index in [1.165, 1.54) is 11.3 Å². The third-order valence-corrected chi connectivity index (χ3v) is 3.21. The first-order chi connectivity index (χ1) is 7.70. The van der Waals surface area contributed by atoms with Gasteiger partial charge >= 0.3 is 0 Å². The van der Waals surface area contributed by atoms with Gasteiger partial charge in [-0.2, -0.15) is 0 Å². The van der Waals surface area contributed by atoms with E-state index in [1.54, 1.807) is 5.38 Å². The van der Waals surface area contributed by atoms with Crippen LogP contribution in [-0.4, -0.2) is 11.6 Å². The molecule has 5 heteroatoms. The SMILES string of the molecule is CCOc1ccc(-c2nc(N)cs2)cc1Cl. The first kappa shape index (κ1) is 11.2. The molecule has 0 atom stereocenters. The van der Waals surface area contributed by atoms with Crippen molar-refractivity contribution in [3.05, 3.63) is 28.6 Å². The number of hydrogen-bond donors (Lipinski definition) is 1. The van der Waals surface area contributed by atoms with Crippen molar-refractivity contribution < 1.29 is 4.74 Å². The van der Waals surface area contributed by atoms with Gasteiger partial charge in [0, 0.05) is 10.9 Å². The molecular formula is C11H11ClN2OS. The molecule has 0 aliphatic heterocycles. The third-order valence-electron chi connectivity index (χ3n) is 2.00. The molecule has 1 aromatic heterocycles. The van der Waals surface area contributed by atoms with E-state index in [-0.39, 0.29) is 0 Å². The van der Waals surface area contributed by atoms with Crippen LogP contribution in [0.25, 0.3) is 10.6 Å². The molecule has 0 bridgehead atoms. The first-order valence-electron chi connectivity index (χ1n) is 4.84. The predicted molar refractivity (Wildman–Crippen MR) is 68.1 cm³/mol. The number of rotatable bonds is 3. The van der Waals surface area contributed by atoms with Crippen LogP contribution in [0.3, 0.4) is 0 Å². The van der Waals surface area contributed by atoms with Crippen LogP contribution in [-0.2, 0) is 0 Å². The maximum Gasteiger partial charge on any atom is 0.137 e. The molecule has 0 aliphatic rings. The zero-order valence-corrected chi connectivity index (χ0v) is 10.3. The van der Waals surface area contributed by atoms with Gasteiger partial charge in [0.1, 0.15) is 16.6 Å². The summed E-state index contributed by atoms with van der Waals surface area (Å²) in [5.74, 6) is 1.22. The summed E-state index contributed by atoms with van der Waals surface area (Å²) in [6, 6.07) is 5.61. The lowest BCUT2D eigenvalue weighted by atomic mass is 10.2. The summed E-state index contributed by atoms with van der Waals surface area (Å²) in [5, 5.41) is 3.26. The van der Waals surface area contributed by atoms with Crippen LogP contribution in [0.15, 0.2) is 23.6 Å². The summed E-state index contributed by atoms with van der Waals surface area (Å²) in [6.45, 7) is 2.52. The fraction of sp³-hybridized carbons (Fsp3) is 0.182. The van der Waals surface area contributed by atoms with Crippen LogP contribution in [0.1, 0.15) is 6.92 Å². The third kappa shape index (κ3) is 2.28. The van der Waals surface area contributed by atoms with E-state index in [0.717, 1.165) is 10.6 Å². The van der Waals surface area contributed by atoms with Gasteiger partial charge in [-0.25, -0.2) is 4.98 Å². The summed E-state index contributed by atoms with van der Waals surface area (Å²) < 4.78 is 5.36. The van der Waals surface area contributed by atoms with Gasteiger partial charge in [-0.3, -0.25) is 0 Å². The minimum Gasteiger partial charge on any atom is -0.492 e. The van der Waals surface area contributed by atoms with Crippen LogP contribution in [0.2, 0.25) is 5.02 Å². The van der Waals surface area contributed by atoms with E-state index in [2.05, 4.69) is 4.98 Å². The van der Waals surface area contributed by atoms with Crippen molar-refractivity contribution in [1.29, 1.82) is 0 Å². The molecule has 0 spiro atoms. The number of ether oxygens (including phenoxy) is 1. The van der Waals surface area contributed by atoms with E-state index < -0.39 is 0 Å². The van der Waals surface area contributed by atoms with E-state index in [9.17, 15) is 0 Å².